The average Bonchev–Trinajstić information content (AvgIpc) is 2.75. The second-order valence-electron chi connectivity index (χ2n) is 5.79. The molecule has 1 aromatic rings. The Kier molecular flexibility index (Phi) is 3.06. The molecule has 0 radical (unpaired) electrons. The van der Waals surface area contributed by atoms with E-state index in [-0.39, 0.29) is 5.54 Å². The number of nitrogens with zero attached hydrogens (tertiary/aromatic N) is 2. The summed E-state index contributed by atoms with van der Waals surface area (Å²) in [5.41, 5.74) is 1.30. The molecule has 0 bridgehead atoms. The van der Waals surface area contributed by atoms with Gasteiger partial charge in [0.2, 0.25) is 0 Å². The summed E-state index contributed by atoms with van der Waals surface area (Å²) in [5, 5.41) is 8.01. The number of aromatic nitrogens is 2. The highest BCUT2D eigenvalue weighted by molar-refractivity contribution is 5.16. The highest BCUT2D eigenvalue weighted by Gasteiger charge is 2.29. The lowest BCUT2D eigenvalue weighted by molar-refractivity contribution is 0.338. The van der Waals surface area contributed by atoms with E-state index in [0.717, 1.165) is 5.92 Å². The van der Waals surface area contributed by atoms with Crippen molar-refractivity contribution in [1.29, 1.82) is 0 Å². The second kappa shape index (κ2) is 4.21. The SMILES string of the molecule is CC1CCC(NC(C)(C)c2cnn(C)c2)C1. The highest BCUT2D eigenvalue weighted by Crippen LogP contribution is 2.29. The van der Waals surface area contributed by atoms with E-state index in [1.165, 1.54) is 24.8 Å². The van der Waals surface area contributed by atoms with Gasteiger partial charge in [-0.1, -0.05) is 6.92 Å². The summed E-state index contributed by atoms with van der Waals surface area (Å²) < 4.78 is 1.87. The van der Waals surface area contributed by atoms with Gasteiger partial charge in [-0.15, -0.1) is 0 Å². The van der Waals surface area contributed by atoms with Gasteiger partial charge in [-0.25, -0.2) is 0 Å². The first-order valence-electron chi connectivity index (χ1n) is 6.24. The van der Waals surface area contributed by atoms with Crippen LogP contribution in [-0.2, 0) is 12.6 Å². The van der Waals surface area contributed by atoms with Crippen molar-refractivity contribution < 1.29 is 0 Å². The van der Waals surface area contributed by atoms with E-state index in [1.54, 1.807) is 0 Å². The third-order valence-electron chi connectivity index (χ3n) is 3.69. The van der Waals surface area contributed by atoms with E-state index in [9.17, 15) is 0 Å². The summed E-state index contributed by atoms with van der Waals surface area (Å²) in [4.78, 5) is 0. The van der Waals surface area contributed by atoms with Crippen molar-refractivity contribution in [3.8, 4) is 0 Å². The Morgan fingerprint density at radius 3 is 2.69 bits per heavy atom. The monoisotopic (exact) mass is 221 g/mol. The Bertz CT molecular complexity index is 354. The Balaban J connectivity index is 2.02. The van der Waals surface area contributed by atoms with Crippen molar-refractivity contribution in [2.45, 2.75) is 51.6 Å². The van der Waals surface area contributed by atoms with Crippen LogP contribution in [0.15, 0.2) is 12.4 Å². The highest BCUT2D eigenvalue weighted by atomic mass is 15.2. The van der Waals surface area contributed by atoms with E-state index in [2.05, 4.69) is 37.4 Å². The van der Waals surface area contributed by atoms with Crippen LogP contribution in [0.25, 0.3) is 0 Å². The zero-order chi connectivity index (χ0) is 11.8. The van der Waals surface area contributed by atoms with Gasteiger partial charge in [0.15, 0.2) is 0 Å². The summed E-state index contributed by atoms with van der Waals surface area (Å²) in [6.45, 7) is 6.83. The molecule has 1 heterocycles. The molecular weight excluding hydrogens is 198 g/mol. The molecule has 1 aliphatic carbocycles. The smallest absolute Gasteiger partial charge is 0.0540 e. The van der Waals surface area contributed by atoms with E-state index in [4.69, 9.17) is 0 Å². The lowest BCUT2D eigenvalue weighted by atomic mass is 9.96. The predicted octanol–water partition coefficient (Wildman–Crippen LogP) is 2.43. The van der Waals surface area contributed by atoms with Crippen LogP contribution in [0.3, 0.4) is 0 Å². The maximum atomic E-state index is 4.25. The second-order valence-corrected chi connectivity index (χ2v) is 5.79. The quantitative estimate of drug-likeness (QED) is 0.849. The summed E-state index contributed by atoms with van der Waals surface area (Å²) in [6.07, 6.45) is 8.05. The molecule has 1 N–H and O–H groups in total. The standard InChI is InChI=1S/C13H23N3/c1-10-5-6-12(7-10)15-13(2,3)11-8-14-16(4)9-11/h8-10,12,15H,5-7H2,1-4H3. The van der Waals surface area contributed by atoms with Gasteiger partial charge in [0.25, 0.3) is 0 Å². The normalized spacial score (nSPS) is 26.2. The summed E-state index contributed by atoms with van der Waals surface area (Å²) >= 11 is 0. The van der Waals surface area contributed by atoms with E-state index in [0.29, 0.717) is 6.04 Å². The van der Waals surface area contributed by atoms with Gasteiger partial charge in [0.05, 0.1) is 6.20 Å². The fourth-order valence-corrected chi connectivity index (χ4v) is 2.68. The minimum Gasteiger partial charge on any atom is -0.305 e. The Morgan fingerprint density at radius 1 is 1.44 bits per heavy atom. The van der Waals surface area contributed by atoms with Crippen LogP contribution >= 0.6 is 0 Å². The first-order valence-corrected chi connectivity index (χ1v) is 6.24. The Labute approximate surface area is 98.2 Å². The molecule has 90 valence electrons. The molecule has 0 aliphatic heterocycles. The summed E-state index contributed by atoms with van der Waals surface area (Å²) in [6, 6.07) is 0.671. The molecular formula is C13H23N3. The van der Waals surface area contributed by atoms with E-state index in [1.807, 2.05) is 17.9 Å². The number of rotatable bonds is 3. The third kappa shape index (κ3) is 2.46. The fourth-order valence-electron chi connectivity index (χ4n) is 2.68. The van der Waals surface area contributed by atoms with Gasteiger partial charge in [0.1, 0.15) is 0 Å². The summed E-state index contributed by atoms with van der Waals surface area (Å²) in [5.74, 6) is 0.877. The molecule has 0 saturated heterocycles. The van der Waals surface area contributed by atoms with Crippen LogP contribution in [0.1, 0.15) is 45.6 Å². The van der Waals surface area contributed by atoms with Crippen molar-refractivity contribution >= 4 is 0 Å². The van der Waals surface area contributed by atoms with E-state index < -0.39 is 0 Å². The average molecular weight is 221 g/mol. The minimum absolute atomic E-state index is 0.0307. The first-order chi connectivity index (χ1) is 7.47. The molecule has 1 fully saturated rings. The van der Waals surface area contributed by atoms with Gasteiger partial charge in [-0.2, -0.15) is 5.10 Å². The maximum absolute atomic E-state index is 4.25. The van der Waals surface area contributed by atoms with Crippen molar-refractivity contribution in [2.75, 3.05) is 0 Å². The Morgan fingerprint density at radius 2 is 2.19 bits per heavy atom. The maximum Gasteiger partial charge on any atom is 0.0540 e. The lowest BCUT2D eigenvalue weighted by Gasteiger charge is -2.29. The van der Waals surface area contributed by atoms with Gasteiger partial charge < -0.3 is 5.32 Å². The van der Waals surface area contributed by atoms with Crippen LogP contribution in [-0.4, -0.2) is 15.8 Å². The van der Waals surface area contributed by atoms with Crippen molar-refractivity contribution in [3.05, 3.63) is 18.0 Å². The first kappa shape index (κ1) is 11.6. The third-order valence-corrected chi connectivity index (χ3v) is 3.69. The summed E-state index contributed by atoms with van der Waals surface area (Å²) in [7, 11) is 1.97. The van der Waals surface area contributed by atoms with Crippen LogP contribution in [0, 0.1) is 5.92 Å². The van der Waals surface area contributed by atoms with Crippen molar-refractivity contribution in [3.63, 3.8) is 0 Å². The topological polar surface area (TPSA) is 29.9 Å². The van der Waals surface area contributed by atoms with Gasteiger partial charge in [0, 0.05) is 30.4 Å². The molecule has 2 atom stereocenters. The molecule has 2 rings (SSSR count). The molecule has 0 amide bonds. The molecule has 3 nitrogen and oxygen atoms in total. The predicted molar refractivity (Wildman–Crippen MR) is 66.2 cm³/mol. The minimum atomic E-state index is 0.0307. The number of aryl methyl sites for hydroxylation is 1. The molecule has 0 aromatic carbocycles. The van der Waals surface area contributed by atoms with Gasteiger partial charge >= 0.3 is 0 Å². The lowest BCUT2D eigenvalue weighted by Crippen LogP contribution is -2.42. The van der Waals surface area contributed by atoms with Gasteiger partial charge in [-0.3, -0.25) is 4.68 Å². The molecule has 3 heteroatoms. The molecule has 0 spiro atoms. The van der Waals surface area contributed by atoms with Crippen LogP contribution < -0.4 is 5.32 Å². The Hall–Kier alpha value is -0.830. The zero-order valence-electron chi connectivity index (χ0n) is 10.8. The molecule has 1 aliphatic rings. The number of hydrogen-bond donors (Lipinski definition) is 1. The molecule has 1 saturated carbocycles. The van der Waals surface area contributed by atoms with Crippen LogP contribution in [0.4, 0.5) is 0 Å². The fraction of sp³-hybridized carbons (Fsp3) is 0.769. The molecule has 16 heavy (non-hydrogen) atoms. The van der Waals surface area contributed by atoms with E-state index >= 15 is 0 Å². The van der Waals surface area contributed by atoms with Crippen LogP contribution in [0.2, 0.25) is 0 Å². The number of nitrogens with one attached hydrogen (secondary N) is 1. The zero-order valence-corrected chi connectivity index (χ0v) is 10.8. The molecule has 2 unspecified atom stereocenters. The van der Waals surface area contributed by atoms with Crippen LogP contribution in [0.5, 0.6) is 0 Å². The largest absolute Gasteiger partial charge is 0.305 e. The molecule has 1 aromatic heterocycles. The van der Waals surface area contributed by atoms with Crippen molar-refractivity contribution in [2.24, 2.45) is 13.0 Å². The number of hydrogen-bond acceptors (Lipinski definition) is 2. The van der Waals surface area contributed by atoms with Gasteiger partial charge in [-0.05, 0) is 39.0 Å². The van der Waals surface area contributed by atoms with Crippen molar-refractivity contribution in [1.82, 2.24) is 15.1 Å².